The number of aliphatic hydroxyl groups excluding tert-OH is 1. The van der Waals surface area contributed by atoms with Crippen molar-refractivity contribution in [2.75, 3.05) is 13.1 Å². The first-order valence-corrected chi connectivity index (χ1v) is 35.3. The number of carbonyl (C=O) groups excluding carboxylic acids is 3. The van der Waals surface area contributed by atoms with Crippen molar-refractivity contribution in [1.82, 2.24) is 10.2 Å². The van der Waals surface area contributed by atoms with E-state index in [1.807, 2.05) is 103 Å². The molecule has 0 bridgehead atoms. The Balaban J connectivity index is 0.000000164. The molecular weight excluding hydrogens is 1130 g/mol. The van der Waals surface area contributed by atoms with Gasteiger partial charge >= 0.3 is 12.2 Å². The number of hydrogen-bond acceptors (Lipinski definition) is 10. The van der Waals surface area contributed by atoms with Crippen LogP contribution in [0, 0.1) is 70.0 Å². The third kappa shape index (κ3) is 12.0. The molecule has 20 atom stereocenters. The van der Waals surface area contributed by atoms with E-state index in [1.54, 1.807) is 22.3 Å². The van der Waals surface area contributed by atoms with E-state index in [0.717, 1.165) is 111 Å². The molecule has 1 amide bonds. The minimum absolute atomic E-state index is 0. The molecule has 11 nitrogen and oxygen atoms in total. The Labute approximate surface area is 545 Å². The zero-order chi connectivity index (χ0) is 62.9. The first-order chi connectivity index (χ1) is 43.3. The van der Waals surface area contributed by atoms with Crippen molar-refractivity contribution in [2.24, 2.45) is 70.0 Å². The van der Waals surface area contributed by atoms with E-state index in [2.05, 4.69) is 72.9 Å². The molecule has 11 heteroatoms. The number of hydrogen-bond donors (Lipinski definition) is 2. The van der Waals surface area contributed by atoms with Crippen LogP contribution in [0.3, 0.4) is 0 Å². The number of benzene rings is 3. The fourth-order valence-corrected chi connectivity index (χ4v) is 21.2. The smallest absolute Gasteiger partial charge is 0.445 e. The third-order valence-electron chi connectivity index (χ3n) is 26.2. The average Bonchev–Trinajstić information content (AvgIpc) is 1.56. The lowest BCUT2D eigenvalue weighted by atomic mass is 9.56. The molecule has 492 valence electrons. The highest BCUT2D eigenvalue weighted by Crippen LogP contribution is 2.67. The quantitative estimate of drug-likeness (QED) is 0.134. The second-order valence-corrected chi connectivity index (χ2v) is 30.8. The molecule has 4 saturated heterocycles. The van der Waals surface area contributed by atoms with Gasteiger partial charge in [-0.3, -0.25) is 4.79 Å². The second-order valence-electron chi connectivity index (χ2n) is 30.8. The predicted molar refractivity (Wildman–Crippen MR) is 359 cm³/mol. The van der Waals surface area contributed by atoms with Crippen LogP contribution in [0.4, 0.5) is 9.59 Å². The summed E-state index contributed by atoms with van der Waals surface area (Å²) >= 11 is 0. The summed E-state index contributed by atoms with van der Waals surface area (Å²) in [5, 5.41) is 14.1. The van der Waals surface area contributed by atoms with Gasteiger partial charge in [0.25, 0.3) is 0 Å². The van der Waals surface area contributed by atoms with Crippen molar-refractivity contribution < 1.29 is 43.2 Å². The standard InChI is InChI=1S/C43H53NO6.C27H41NO2.C9H10O.CH4/c1-27-21-38-39(44(24-27)40(45)47-25-30-11-7-5-8-12-30)29(3)43(50-38)20-18-34-35-16-15-32-22-33(49-41(46)48-26-31-13-9-6-10-14-31)17-19-42(32,4)37(35)23-36(34)28(43)2;1-15-11-24-25(28-14-15)17(3)27(30-24)10-8-20-21-6-5-18-12-19(29)7-9-26(18,4)23(21)13-22(20)16(27)2;1-2-9(10)8-6-4-3-5-7-8;/h5-15,27,29,33-35,37-39H,16-26H2,1-4H3;5,15,17,19-21,23-25,28-29H,6-14H2,1-4H3;3-7H,2H2,1H3;1H4/t27-,29+,33-,34-,35-,37-,38+,39-,42-,43-;15-,17+,19-,20-,21-,23-,24+,25-,26-,27-;;/m00../s1. The zero-order valence-electron chi connectivity index (χ0n) is 55.6. The number of allylic oxidation sites excluding steroid dienone is 4. The number of nitrogens with one attached hydrogen (secondary N) is 1. The van der Waals surface area contributed by atoms with Crippen LogP contribution in [0.25, 0.3) is 0 Å². The van der Waals surface area contributed by atoms with Crippen molar-refractivity contribution >= 4 is 18.0 Å². The minimum Gasteiger partial charge on any atom is -0.445 e. The summed E-state index contributed by atoms with van der Waals surface area (Å²) in [5.74, 6) is 6.22. The van der Waals surface area contributed by atoms with E-state index in [0.29, 0.717) is 60.1 Å². The molecule has 8 fully saturated rings. The maximum Gasteiger partial charge on any atom is 0.508 e. The van der Waals surface area contributed by atoms with Gasteiger partial charge < -0.3 is 39.0 Å². The molecule has 0 aromatic heterocycles. The van der Waals surface area contributed by atoms with E-state index in [-0.39, 0.29) is 79.4 Å². The van der Waals surface area contributed by atoms with Gasteiger partial charge in [0.2, 0.25) is 0 Å². The third-order valence-corrected chi connectivity index (χ3v) is 26.2. The van der Waals surface area contributed by atoms with E-state index < -0.39 is 6.16 Å². The van der Waals surface area contributed by atoms with E-state index >= 15 is 0 Å². The summed E-state index contributed by atoms with van der Waals surface area (Å²) in [4.78, 5) is 39.3. The van der Waals surface area contributed by atoms with Gasteiger partial charge in [0, 0.05) is 42.8 Å². The maximum absolute atomic E-state index is 13.6. The number of carbonyl (C=O) groups is 3. The lowest BCUT2D eigenvalue weighted by Gasteiger charge is -2.49. The second kappa shape index (κ2) is 26.5. The van der Waals surface area contributed by atoms with Crippen LogP contribution >= 0.6 is 0 Å². The highest BCUT2D eigenvalue weighted by atomic mass is 16.7. The Morgan fingerprint density at radius 3 is 1.76 bits per heavy atom. The van der Waals surface area contributed by atoms with Gasteiger partial charge in [-0.1, -0.05) is 181 Å². The molecule has 4 heterocycles. The van der Waals surface area contributed by atoms with Crippen LogP contribution in [0.5, 0.6) is 0 Å². The van der Waals surface area contributed by atoms with E-state index in [4.69, 9.17) is 23.7 Å². The van der Waals surface area contributed by atoms with Crippen molar-refractivity contribution in [2.45, 2.75) is 240 Å². The van der Waals surface area contributed by atoms with Crippen molar-refractivity contribution in [3.8, 4) is 0 Å². The fraction of sp³-hybridized carbons (Fsp3) is 0.637. The Morgan fingerprint density at radius 2 is 1.16 bits per heavy atom. The molecule has 0 unspecified atom stereocenters. The Hall–Kier alpha value is -5.33. The number of Topliss-reactive ketones (excluding diaryl/α,β-unsaturated/α-hetero) is 1. The predicted octanol–water partition coefficient (Wildman–Crippen LogP) is 17.3. The highest BCUT2D eigenvalue weighted by Gasteiger charge is 2.64. The molecule has 4 saturated carbocycles. The summed E-state index contributed by atoms with van der Waals surface area (Å²) in [5.41, 5.74) is 12.3. The van der Waals surface area contributed by atoms with E-state index in [1.165, 1.54) is 49.7 Å². The molecule has 4 aliphatic heterocycles. The average molecular weight is 1240 g/mol. The number of likely N-dealkylation sites (tertiary alicyclic amines) is 1. The van der Waals surface area contributed by atoms with Gasteiger partial charge in [0.05, 0.1) is 35.6 Å². The highest BCUT2D eigenvalue weighted by molar-refractivity contribution is 5.95. The SMILES string of the molecule is C.CC1=C2C[C@H]3[C@@H](CC=C4C[C@@H](O)CC[C@@]43C)[C@@H]2CC[C@]12O[C@@H]1C[C@H](C)CN[C@H]1[C@H]2C.CC1=C2C[C@H]3[C@@H](CC=C4C[C@@H](OC(=O)OCc5ccccc5)CC[C@@]43C)[C@@H]2CC[C@]12O[C@@H]1C[C@H](C)CN(C(=O)OCc3ccccc3)[C@H]1[C@H]2C.CCC(=O)c1ccccc1. The van der Waals surface area contributed by atoms with Crippen LogP contribution in [0.15, 0.2) is 137 Å². The van der Waals surface area contributed by atoms with Gasteiger partial charge in [0.1, 0.15) is 19.3 Å². The van der Waals surface area contributed by atoms with Gasteiger partial charge in [-0.25, -0.2) is 9.59 Å². The summed E-state index contributed by atoms with van der Waals surface area (Å²) in [7, 11) is 0. The number of piperidine rings is 2. The molecule has 12 aliphatic rings. The van der Waals surface area contributed by atoms with Gasteiger partial charge in [-0.2, -0.15) is 0 Å². The molecule has 91 heavy (non-hydrogen) atoms. The van der Waals surface area contributed by atoms with Crippen LogP contribution in [0.1, 0.15) is 200 Å². The Bertz CT molecular complexity index is 3250. The summed E-state index contributed by atoms with van der Waals surface area (Å²) in [6.45, 7) is 23.4. The zero-order valence-corrected chi connectivity index (χ0v) is 55.6. The normalized spacial score (nSPS) is 39.6. The van der Waals surface area contributed by atoms with Crippen molar-refractivity contribution in [3.63, 3.8) is 0 Å². The number of rotatable bonds is 7. The molecular formula is C80H108N2O9. The lowest BCUT2D eigenvalue weighted by Crippen LogP contribution is -2.54. The number of nitrogens with zero attached hydrogens (tertiary/aromatic N) is 1. The van der Waals surface area contributed by atoms with Crippen molar-refractivity contribution in [3.05, 3.63) is 153 Å². The number of ketones is 1. The first kappa shape index (κ1) is 65.7. The maximum atomic E-state index is 13.6. The molecule has 3 aromatic rings. The van der Waals surface area contributed by atoms with Gasteiger partial charge in [0.15, 0.2) is 5.78 Å². The Kier molecular flexibility index (Phi) is 19.1. The number of aliphatic hydroxyl groups is 1. The monoisotopic (exact) mass is 1240 g/mol. The summed E-state index contributed by atoms with van der Waals surface area (Å²) in [6.07, 6.45) is 22.4. The number of amides is 1. The minimum atomic E-state index is -0.571. The van der Waals surface area contributed by atoms with Crippen LogP contribution in [-0.2, 0) is 36.9 Å². The number of ether oxygens (including phenoxy) is 5. The number of fused-ring (bicyclic) bond motifs is 12. The fourth-order valence-electron chi connectivity index (χ4n) is 21.2. The molecule has 8 aliphatic carbocycles. The van der Waals surface area contributed by atoms with E-state index in [9.17, 15) is 19.5 Å². The van der Waals surface area contributed by atoms with Crippen LogP contribution in [0.2, 0.25) is 0 Å². The lowest BCUT2D eigenvalue weighted by molar-refractivity contribution is -0.0639. The topological polar surface area (TPSA) is 133 Å². The summed E-state index contributed by atoms with van der Waals surface area (Å²) in [6, 6.07) is 29.6. The Morgan fingerprint density at radius 1 is 0.637 bits per heavy atom. The van der Waals surface area contributed by atoms with Gasteiger partial charge in [-0.15, -0.1) is 0 Å². The molecule has 0 radical (unpaired) electrons. The molecule has 2 N–H and O–H groups in total. The first-order valence-electron chi connectivity index (χ1n) is 35.3. The molecule has 2 spiro atoms. The van der Waals surface area contributed by atoms with Crippen molar-refractivity contribution in [1.29, 1.82) is 0 Å². The van der Waals surface area contributed by atoms with Crippen LogP contribution in [-0.4, -0.2) is 88.8 Å². The molecule has 3 aromatic carbocycles. The van der Waals surface area contributed by atoms with Crippen LogP contribution < -0.4 is 5.32 Å². The largest absolute Gasteiger partial charge is 0.508 e. The van der Waals surface area contributed by atoms with Gasteiger partial charge in [-0.05, 0) is 197 Å². The summed E-state index contributed by atoms with van der Waals surface area (Å²) < 4.78 is 31.5. The molecule has 15 rings (SSSR count).